The van der Waals surface area contributed by atoms with Crippen LogP contribution in [0.25, 0.3) is 0 Å². The van der Waals surface area contributed by atoms with Crippen molar-refractivity contribution in [3.05, 3.63) is 70.8 Å². The molecule has 0 aliphatic carbocycles. The van der Waals surface area contributed by atoms with Gasteiger partial charge in [-0.05, 0) is 36.8 Å². The number of aryl methyl sites for hydroxylation is 1. The molecule has 1 fully saturated rings. The van der Waals surface area contributed by atoms with E-state index in [4.69, 9.17) is 9.15 Å². The number of nitrogens with one attached hydrogen (secondary N) is 1. The monoisotopic (exact) mass is 397 g/mol. The molecule has 28 heavy (non-hydrogen) atoms. The number of nitrogens with zero attached hydrogens (tertiary/aromatic N) is 2. The fraction of sp³-hybridized carbons (Fsp3) is 0.333. The summed E-state index contributed by atoms with van der Waals surface area (Å²) in [6.07, 6.45) is 4.23. The molecule has 0 saturated carbocycles. The molecule has 4 heterocycles. The maximum atomic E-state index is 12.6. The highest BCUT2D eigenvalue weighted by Gasteiger charge is 2.29. The second-order valence-corrected chi connectivity index (χ2v) is 7.72. The molecule has 1 aliphatic rings. The number of carbonyl (C=O) groups is 1. The average Bonchev–Trinajstić information content (AvgIpc) is 3.41. The van der Waals surface area contributed by atoms with E-state index in [9.17, 15) is 4.79 Å². The van der Waals surface area contributed by atoms with Crippen LogP contribution in [0, 0.1) is 0 Å². The lowest BCUT2D eigenvalue weighted by atomic mass is 10.0. The Morgan fingerprint density at radius 3 is 2.82 bits per heavy atom. The lowest BCUT2D eigenvalue weighted by Gasteiger charge is -2.34. The van der Waals surface area contributed by atoms with Gasteiger partial charge in [0.2, 0.25) is 0 Å². The summed E-state index contributed by atoms with van der Waals surface area (Å²) in [7, 11) is 0. The smallest absolute Gasteiger partial charge is 0.291 e. The van der Waals surface area contributed by atoms with Crippen LogP contribution in [0.4, 0.5) is 5.00 Å². The number of furan rings is 1. The van der Waals surface area contributed by atoms with Gasteiger partial charge in [0.15, 0.2) is 5.76 Å². The van der Waals surface area contributed by atoms with Crippen LogP contribution < -0.4 is 5.32 Å². The molecule has 1 atom stereocenters. The van der Waals surface area contributed by atoms with E-state index >= 15 is 0 Å². The maximum Gasteiger partial charge on any atom is 0.291 e. The largest absolute Gasteiger partial charge is 0.459 e. The summed E-state index contributed by atoms with van der Waals surface area (Å²) in [5, 5.41) is 3.90. The van der Waals surface area contributed by atoms with E-state index in [2.05, 4.69) is 28.2 Å². The number of carbonyl (C=O) groups excluding carboxylic acids is 1. The van der Waals surface area contributed by atoms with Crippen molar-refractivity contribution in [2.75, 3.05) is 31.6 Å². The Morgan fingerprint density at radius 2 is 2.14 bits per heavy atom. The Hall–Kier alpha value is -2.48. The number of amides is 1. The minimum Gasteiger partial charge on any atom is -0.459 e. The van der Waals surface area contributed by atoms with Gasteiger partial charge in [0.05, 0.1) is 31.2 Å². The summed E-state index contributed by atoms with van der Waals surface area (Å²) in [4.78, 5) is 20.8. The molecular weight excluding hydrogens is 374 g/mol. The molecule has 3 aromatic rings. The maximum absolute atomic E-state index is 12.6. The minimum atomic E-state index is -0.238. The van der Waals surface area contributed by atoms with E-state index in [1.807, 2.05) is 24.4 Å². The molecule has 0 aromatic carbocycles. The Labute approximate surface area is 168 Å². The summed E-state index contributed by atoms with van der Waals surface area (Å²) in [6.45, 7) is 5.16. The summed E-state index contributed by atoms with van der Waals surface area (Å²) in [6, 6.07) is 11.5. The molecule has 0 spiro atoms. The van der Waals surface area contributed by atoms with Gasteiger partial charge in [-0.3, -0.25) is 14.7 Å². The van der Waals surface area contributed by atoms with E-state index in [1.54, 1.807) is 23.5 Å². The standard InChI is InChI=1S/C21H23N3O3S/c1-2-15-14-16(21(28-15)23-20(25)18-7-5-11-27-18)19(17-6-3-4-8-22-17)24-9-12-26-13-10-24/h3-8,11,14,19H,2,9-10,12-13H2,1H3,(H,23,25). The fourth-order valence-electron chi connectivity index (χ4n) is 3.42. The second-order valence-electron chi connectivity index (χ2n) is 6.59. The Kier molecular flexibility index (Phi) is 5.85. The molecule has 1 aliphatic heterocycles. The first-order chi connectivity index (χ1) is 13.8. The van der Waals surface area contributed by atoms with Gasteiger partial charge in [-0.2, -0.15) is 0 Å². The van der Waals surface area contributed by atoms with E-state index in [-0.39, 0.29) is 11.9 Å². The first kappa shape index (κ1) is 18.9. The lowest BCUT2D eigenvalue weighted by molar-refractivity contribution is 0.0234. The molecule has 0 radical (unpaired) electrons. The number of ether oxygens (including phenoxy) is 1. The zero-order valence-corrected chi connectivity index (χ0v) is 16.6. The number of aromatic nitrogens is 1. The van der Waals surface area contributed by atoms with Crippen molar-refractivity contribution in [1.82, 2.24) is 9.88 Å². The summed E-state index contributed by atoms with van der Waals surface area (Å²) >= 11 is 1.61. The molecule has 4 rings (SSSR count). The first-order valence-electron chi connectivity index (χ1n) is 9.46. The highest BCUT2D eigenvalue weighted by molar-refractivity contribution is 7.16. The van der Waals surface area contributed by atoms with Gasteiger partial charge in [0.25, 0.3) is 5.91 Å². The molecule has 6 nitrogen and oxygen atoms in total. The van der Waals surface area contributed by atoms with Gasteiger partial charge in [-0.15, -0.1) is 11.3 Å². The van der Waals surface area contributed by atoms with Gasteiger partial charge < -0.3 is 14.5 Å². The average molecular weight is 398 g/mol. The van der Waals surface area contributed by atoms with Crippen LogP contribution in [0.1, 0.15) is 39.7 Å². The minimum absolute atomic E-state index is 0.0337. The van der Waals surface area contributed by atoms with Crippen molar-refractivity contribution in [3.63, 3.8) is 0 Å². The van der Waals surface area contributed by atoms with Crippen LogP contribution in [-0.2, 0) is 11.2 Å². The Balaban J connectivity index is 1.72. The van der Waals surface area contributed by atoms with E-state index in [0.29, 0.717) is 19.0 Å². The normalized spacial score (nSPS) is 16.0. The number of rotatable bonds is 6. The first-order valence-corrected chi connectivity index (χ1v) is 10.3. The number of anilines is 1. The number of hydrogen-bond donors (Lipinski definition) is 1. The van der Waals surface area contributed by atoms with Gasteiger partial charge in [-0.25, -0.2) is 0 Å². The quantitative estimate of drug-likeness (QED) is 0.682. The molecule has 3 aromatic heterocycles. The highest BCUT2D eigenvalue weighted by Crippen LogP contribution is 2.39. The van der Waals surface area contributed by atoms with Crippen molar-refractivity contribution in [2.45, 2.75) is 19.4 Å². The third-order valence-corrected chi connectivity index (χ3v) is 6.02. The predicted octanol–water partition coefficient (Wildman–Crippen LogP) is 3.97. The van der Waals surface area contributed by atoms with E-state index < -0.39 is 0 Å². The molecule has 1 N–H and O–H groups in total. The number of morpholine rings is 1. The molecule has 146 valence electrons. The topological polar surface area (TPSA) is 67.6 Å². The zero-order chi connectivity index (χ0) is 19.3. The van der Waals surface area contributed by atoms with Gasteiger partial charge >= 0.3 is 0 Å². The van der Waals surface area contributed by atoms with Gasteiger partial charge in [0, 0.05) is 29.7 Å². The third kappa shape index (κ3) is 4.01. The van der Waals surface area contributed by atoms with Crippen molar-refractivity contribution >= 4 is 22.2 Å². The second kappa shape index (κ2) is 8.68. The molecule has 0 bridgehead atoms. The van der Waals surface area contributed by atoms with Gasteiger partial charge in [-0.1, -0.05) is 13.0 Å². The summed E-state index contributed by atoms with van der Waals surface area (Å²) < 4.78 is 10.8. The highest BCUT2D eigenvalue weighted by atomic mass is 32.1. The number of thiophene rings is 1. The van der Waals surface area contributed by atoms with Gasteiger partial charge in [0.1, 0.15) is 5.00 Å². The summed E-state index contributed by atoms with van der Waals surface area (Å²) in [5.41, 5.74) is 2.04. The fourth-order valence-corrected chi connectivity index (χ4v) is 4.45. The third-order valence-electron chi connectivity index (χ3n) is 4.81. The van der Waals surface area contributed by atoms with Crippen LogP contribution in [0.2, 0.25) is 0 Å². The van der Waals surface area contributed by atoms with Crippen LogP contribution in [0.5, 0.6) is 0 Å². The van der Waals surface area contributed by atoms with Crippen LogP contribution >= 0.6 is 11.3 Å². The Bertz CT molecular complexity index is 902. The van der Waals surface area contributed by atoms with Crippen LogP contribution in [0.3, 0.4) is 0 Å². The lowest BCUT2D eigenvalue weighted by Crippen LogP contribution is -2.40. The van der Waals surface area contributed by atoms with Crippen molar-refractivity contribution in [1.29, 1.82) is 0 Å². The van der Waals surface area contributed by atoms with Crippen LogP contribution in [0.15, 0.2) is 53.3 Å². The molecular formula is C21H23N3O3S. The molecule has 7 heteroatoms. The molecule has 1 unspecified atom stereocenters. The molecule has 1 saturated heterocycles. The Morgan fingerprint density at radius 1 is 1.29 bits per heavy atom. The SMILES string of the molecule is CCc1cc(C(c2ccccn2)N2CCOCC2)c(NC(=O)c2ccco2)s1. The predicted molar refractivity (Wildman–Crippen MR) is 109 cm³/mol. The van der Waals surface area contributed by atoms with E-state index in [1.165, 1.54) is 11.1 Å². The van der Waals surface area contributed by atoms with Crippen molar-refractivity contribution < 1.29 is 13.9 Å². The summed E-state index contributed by atoms with van der Waals surface area (Å²) in [5.74, 6) is 0.0654. The van der Waals surface area contributed by atoms with Crippen molar-refractivity contribution in [3.8, 4) is 0 Å². The number of hydrogen-bond acceptors (Lipinski definition) is 6. The van der Waals surface area contributed by atoms with Crippen LogP contribution in [-0.4, -0.2) is 42.1 Å². The number of pyridine rings is 1. The van der Waals surface area contributed by atoms with Crippen molar-refractivity contribution in [2.24, 2.45) is 0 Å². The molecule has 1 amide bonds. The van der Waals surface area contributed by atoms with E-state index in [0.717, 1.165) is 35.8 Å². The zero-order valence-electron chi connectivity index (χ0n) is 15.8.